The molecule has 0 bridgehead atoms. The maximum Gasteiger partial charge on any atom is 0.262 e. The molecule has 3 spiro atoms. The summed E-state index contributed by atoms with van der Waals surface area (Å²) in [7, 11) is -3.40. The van der Waals surface area contributed by atoms with Crippen molar-refractivity contribution >= 4 is 51.0 Å². The third kappa shape index (κ3) is 9.06. The van der Waals surface area contributed by atoms with Crippen molar-refractivity contribution in [2.45, 2.75) is 103 Å². The second-order valence-electron chi connectivity index (χ2n) is 17.7. The number of fused-ring (bicyclic) bond motifs is 2. The fraction of sp³-hybridized carbons (Fsp3) is 0.614. The predicted octanol–water partition coefficient (Wildman–Crippen LogP) is 7.69. The normalized spacial score (nSPS) is 26.2. The SMILES string of the molecule is C.CS(=O)(=O)NCC1CNCC2(CC2)C1(F)F.O=C1CCCCC12CC2.O=C1c2ccccc2C(=O)N1CC1CCCC2(CC2)C1(F)F.O=C1c2ccccc2C(=O)N1CCl. The Labute approximate surface area is 359 Å². The van der Waals surface area contributed by atoms with Crippen molar-refractivity contribution in [3.05, 3.63) is 70.8 Å². The molecule has 0 aromatic heterocycles. The largest absolute Gasteiger partial charge is 0.315 e. The number of piperidine rings is 1. The van der Waals surface area contributed by atoms with Crippen molar-refractivity contribution in [1.82, 2.24) is 19.8 Å². The number of carbonyl (C=O) groups excluding carboxylic acids is 5. The summed E-state index contributed by atoms with van der Waals surface area (Å²) >= 11 is 5.47. The first-order valence-electron chi connectivity index (χ1n) is 20.7. The van der Waals surface area contributed by atoms with Gasteiger partial charge in [0.15, 0.2) is 0 Å². The van der Waals surface area contributed by atoms with Crippen LogP contribution < -0.4 is 10.0 Å². The predicted molar refractivity (Wildman–Crippen MR) is 221 cm³/mol. The first-order chi connectivity index (χ1) is 28.3. The van der Waals surface area contributed by atoms with Gasteiger partial charge in [0.1, 0.15) is 11.8 Å². The molecule has 8 aliphatic rings. The summed E-state index contributed by atoms with van der Waals surface area (Å²) in [6, 6.07) is 13.1. The number of hydrogen-bond donors (Lipinski definition) is 2. The number of rotatable bonds is 6. The van der Waals surface area contributed by atoms with E-state index in [4.69, 9.17) is 11.6 Å². The average Bonchev–Trinajstić information content (AvgIpc) is 4.14. The van der Waals surface area contributed by atoms with E-state index in [1.54, 1.807) is 48.5 Å². The van der Waals surface area contributed by atoms with Gasteiger partial charge in [-0.15, -0.1) is 11.6 Å². The average molecular weight is 895 g/mol. The minimum atomic E-state index is -3.40. The third-order valence-corrected chi connectivity index (χ3v) is 14.8. The Balaban J connectivity index is 0.000000142. The maximum absolute atomic E-state index is 14.7. The highest BCUT2D eigenvalue weighted by molar-refractivity contribution is 7.88. The summed E-state index contributed by atoms with van der Waals surface area (Å²) in [5.41, 5.74) is 0.0175. The number of imide groups is 2. The highest BCUT2D eigenvalue weighted by atomic mass is 35.5. The van der Waals surface area contributed by atoms with E-state index >= 15 is 0 Å². The number of nitrogens with zero attached hydrogens (tertiary/aromatic N) is 2. The number of Topliss-reactive ketones (excluding diaryl/α,β-unsaturated/α-hetero) is 1. The summed E-state index contributed by atoms with van der Waals surface area (Å²) < 4.78 is 81.3. The summed E-state index contributed by atoms with van der Waals surface area (Å²) in [5, 5.41) is 2.96. The molecule has 11 nitrogen and oxygen atoms in total. The number of benzene rings is 2. The zero-order valence-corrected chi connectivity index (χ0v) is 35.1. The Morgan fingerprint density at radius 3 is 1.61 bits per heavy atom. The zero-order valence-electron chi connectivity index (χ0n) is 33.6. The molecule has 3 heterocycles. The van der Waals surface area contributed by atoms with E-state index in [0.29, 0.717) is 73.1 Å². The molecule has 17 heteroatoms. The molecular formula is C44H55ClF4N4O7S. The van der Waals surface area contributed by atoms with E-state index in [2.05, 4.69) is 10.0 Å². The second-order valence-corrected chi connectivity index (χ2v) is 19.8. The Morgan fingerprint density at radius 1 is 0.689 bits per heavy atom. The van der Waals surface area contributed by atoms with Crippen LogP contribution in [0.2, 0.25) is 0 Å². The molecule has 2 unspecified atom stereocenters. The molecule has 61 heavy (non-hydrogen) atoms. The first kappa shape index (κ1) is 46.8. The molecule has 4 amide bonds. The fourth-order valence-electron chi connectivity index (χ4n) is 9.49. The Kier molecular flexibility index (Phi) is 13.4. The summed E-state index contributed by atoms with van der Waals surface area (Å²) in [6.07, 6.45) is 11.8. The number of sulfonamides is 1. The molecule has 1 saturated heterocycles. The second kappa shape index (κ2) is 17.4. The van der Waals surface area contributed by atoms with Crippen molar-refractivity contribution < 1.29 is 50.0 Å². The molecule has 2 atom stereocenters. The van der Waals surface area contributed by atoms with Gasteiger partial charge in [0, 0.05) is 60.7 Å². The highest BCUT2D eigenvalue weighted by Crippen LogP contribution is 2.65. The minimum absolute atomic E-state index is 0. The van der Waals surface area contributed by atoms with Crippen LogP contribution in [-0.2, 0) is 14.8 Å². The number of nitrogens with one attached hydrogen (secondary N) is 2. The Bertz CT molecular complexity index is 2090. The summed E-state index contributed by atoms with van der Waals surface area (Å²) in [5.74, 6) is -8.33. The number of alkyl halides is 5. The van der Waals surface area contributed by atoms with Gasteiger partial charge in [-0.05, 0) is 88.5 Å². The summed E-state index contributed by atoms with van der Waals surface area (Å²) in [4.78, 5) is 60.8. The van der Waals surface area contributed by atoms with Crippen molar-refractivity contribution in [1.29, 1.82) is 0 Å². The number of carbonyl (C=O) groups is 5. The Hall–Kier alpha value is -3.73. The molecule has 2 aromatic carbocycles. The monoisotopic (exact) mass is 894 g/mol. The Morgan fingerprint density at radius 2 is 1.18 bits per heavy atom. The van der Waals surface area contributed by atoms with Crippen molar-refractivity contribution in [2.75, 3.05) is 38.4 Å². The van der Waals surface area contributed by atoms with Crippen LogP contribution in [0.15, 0.2) is 48.5 Å². The standard InChI is InChI=1S/C17H17F2NO2.C9H6ClNO2.C9H16F2N2O2S.C8H12O.CH4/c18-17(19)11(4-3-7-16(17)8-9-16)10-20-14(21)12-5-1-2-6-13(12)15(20)22;10-5-11-8(12)6-3-1-2-4-7(6)9(11)13;1-16(14,15)13-5-7-4-12-6-8(2-3-8)9(7,10)11;9-7-3-1-2-4-8(7)5-6-8;/h1-2,5-6,11H,3-4,7-10H2;1-4H,5H2;7,12-13H,2-6H2,1H3;1-6H2;1H4. The zero-order chi connectivity index (χ0) is 43.3. The van der Waals surface area contributed by atoms with Crippen molar-refractivity contribution in [2.24, 2.45) is 28.1 Å². The molecule has 334 valence electrons. The lowest BCUT2D eigenvalue weighted by Gasteiger charge is -2.39. The van der Waals surface area contributed by atoms with Crippen molar-refractivity contribution in [3.8, 4) is 0 Å². The highest BCUT2D eigenvalue weighted by Gasteiger charge is 2.67. The smallest absolute Gasteiger partial charge is 0.262 e. The van der Waals surface area contributed by atoms with Crippen LogP contribution in [0.5, 0.6) is 0 Å². The number of halogens is 5. The van der Waals surface area contributed by atoms with Gasteiger partial charge in [0.25, 0.3) is 35.5 Å². The van der Waals surface area contributed by atoms with Gasteiger partial charge in [-0.1, -0.05) is 44.5 Å². The molecule has 0 radical (unpaired) electrons. The van der Waals surface area contributed by atoms with Crippen LogP contribution in [0.4, 0.5) is 17.6 Å². The molecule has 6 fully saturated rings. The van der Waals surface area contributed by atoms with Gasteiger partial charge in [-0.25, -0.2) is 30.7 Å². The molecule has 3 aliphatic heterocycles. The van der Waals surface area contributed by atoms with Crippen LogP contribution in [0.25, 0.3) is 0 Å². The molecule has 5 aliphatic carbocycles. The third-order valence-electron chi connectivity index (χ3n) is 13.8. The number of ketones is 1. The van der Waals surface area contributed by atoms with E-state index in [9.17, 15) is 50.0 Å². The van der Waals surface area contributed by atoms with E-state index in [-0.39, 0.29) is 50.3 Å². The maximum atomic E-state index is 14.7. The summed E-state index contributed by atoms with van der Waals surface area (Å²) in [6.45, 7) is 0.147. The molecule has 10 rings (SSSR count). The van der Waals surface area contributed by atoms with Gasteiger partial charge < -0.3 is 5.32 Å². The van der Waals surface area contributed by atoms with E-state index in [0.717, 1.165) is 35.3 Å². The first-order valence-corrected chi connectivity index (χ1v) is 23.2. The number of amides is 4. The lowest BCUT2D eigenvalue weighted by molar-refractivity contribution is -0.147. The van der Waals surface area contributed by atoms with Crippen LogP contribution in [0.3, 0.4) is 0 Å². The van der Waals surface area contributed by atoms with E-state index in [1.165, 1.54) is 25.7 Å². The number of hydrogen-bond acceptors (Lipinski definition) is 8. The van der Waals surface area contributed by atoms with Gasteiger partial charge in [-0.3, -0.25) is 33.8 Å². The molecule has 5 saturated carbocycles. The van der Waals surface area contributed by atoms with Crippen molar-refractivity contribution in [3.63, 3.8) is 0 Å². The van der Waals surface area contributed by atoms with Crippen LogP contribution in [0, 0.1) is 28.1 Å². The van der Waals surface area contributed by atoms with Crippen LogP contribution in [-0.4, -0.2) is 97.9 Å². The molecule has 2 N–H and O–H groups in total. The quantitative estimate of drug-likeness (QED) is 0.130. The lowest BCUT2D eigenvalue weighted by Crippen LogP contribution is -2.56. The minimum Gasteiger partial charge on any atom is -0.315 e. The molecular weight excluding hydrogens is 840 g/mol. The van der Waals surface area contributed by atoms with Gasteiger partial charge in [0.05, 0.1) is 28.5 Å². The van der Waals surface area contributed by atoms with Crippen LogP contribution >= 0.6 is 11.6 Å². The van der Waals surface area contributed by atoms with Gasteiger partial charge in [-0.2, -0.15) is 0 Å². The molecule has 2 aromatic rings. The fourth-order valence-corrected chi connectivity index (χ4v) is 10.2. The van der Waals surface area contributed by atoms with E-state index in [1.807, 2.05) is 0 Å². The van der Waals surface area contributed by atoms with Gasteiger partial charge in [0.2, 0.25) is 10.0 Å². The van der Waals surface area contributed by atoms with E-state index < -0.39 is 56.3 Å². The lowest BCUT2D eigenvalue weighted by atomic mass is 9.75. The topological polar surface area (TPSA) is 150 Å². The van der Waals surface area contributed by atoms with Crippen LogP contribution in [0.1, 0.15) is 132 Å². The van der Waals surface area contributed by atoms with Gasteiger partial charge >= 0.3 is 0 Å².